The zero-order valence-electron chi connectivity index (χ0n) is 10.8. The van der Waals surface area contributed by atoms with Gasteiger partial charge in [0, 0.05) is 4.88 Å². The van der Waals surface area contributed by atoms with E-state index in [-0.39, 0.29) is 10.6 Å². The number of nitrogens with one attached hydrogen (secondary N) is 1. The highest BCUT2D eigenvalue weighted by atomic mass is 79.9. The summed E-state index contributed by atoms with van der Waals surface area (Å²) in [6.45, 7) is 1.69. The molecule has 112 valence electrons. The first-order valence-corrected chi connectivity index (χ1v) is 8.83. The van der Waals surface area contributed by atoms with Crippen LogP contribution in [0.2, 0.25) is 0 Å². The number of pyridine rings is 1. The molecule has 0 bridgehead atoms. The van der Waals surface area contributed by atoms with Crippen molar-refractivity contribution in [3.05, 3.63) is 39.4 Å². The molecule has 0 aromatic carbocycles. The number of hydrogen-bond donors (Lipinski definition) is 2. The molecule has 2 aromatic rings. The van der Waals surface area contributed by atoms with Gasteiger partial charge in [-0.1, -0.05) is 0 Å². The molecule has 0 amide bonds. The van der Waals surface area contributed by atoms with Crippen molar-refractivity contribution in [3.8, 4) is 0 Å². The molecule has 0 aliphatic heterocycles. The van der Waals surface area contributed by atoms with Crippen molar-refractivity contribution in [2.24, 2.45) is 0 Å². The standard InChI is InChI=1S/C12H11BrN2O4S2/c1-7-9(3-4-10(13)14-7)15-21(18,19)12-5-2-8(20-12)6-11(16)17/h2-5,15H,6H2,1H3,(H,16,17). The minimum absolute atomic E-state index is 0.0704. The zero-order valence-corrected chi connectivity index (χ0v) is 14.0. The summed E-state index contributed by atoms with van der Waals surface area (Å²) in [6, 6.07) is 6.14. The average molecular weight is 391 g/mol. The quantitative estimate of drug-likeness (QED) is 0.764. The highest BCUT2D eigenvalue weighted by Crippen LogP contribution is 2.25. The van der Waals surface area contributed by atoms with E-state index in [1.165, 1.54) is 12.1 Å². The smallest absolute Gasteiger partial charge is 0.308 e. The Morgan fingerprint density at radius 1 is 1.38 bits per heavy atom. The first-order valence-electron chi connectivity index (χ1n) is 5.74. The van der Waals surface area contributed by atoms with Crippen LogP contribution in [0.1, 0.15) is 10.6 Å². The molecule has 9 heteroatoms. The van der Waals surface area contributed by atoms with Gasteiger partial charge in [0.2, 0.25) is 0 Å². The molecular formula is C12H11BrN2O4S2. The fourth-order valence-electron chi connectivity index (χ4n) is 1.58. The fourth-order valence-corrected chi connectivity index (χ4v) is 4.44. The lowest BCUT2D eigenvalue weighted by Gasteiger charge is -2.08. The Kier molecular flexibility index (Phi) is 4.64. The van der Waals surface area contributed by atoms with Crippen LogP contribution < -0.4 is 4.72 Å². The van der Waals surface area contributed by atoms with E-state index in [2.05, 4.69) is 25.6 Å². The Hall–Kier alpha value is -1.45. The second-order valence-electron chi connectivity index (χ2n) is 4.16. The van der Waals surface area contributed by atoms with E-state index in [9.17, 15) is 13.2 Å². The normalized spacial score (nSPS) is 11.3. The number of thiophene rings is 1. The van der Waals surface area contributed by atoms with Gasteiger partial charge in [0.05, 0.1) is 17.8 Å². The Morgan fingerprint density at radius 2 is 2.10 bits per heavy atom. The summed E-state index contributed by atoms with van der Waals surface area (Å²) in [6.07, 6.45) is -0.195. The van der Waals surface area contributed by atoms with Crippen molar-refractivity contribution in [2.45, 2.75) is 17.6 Å². The van der Waals surface area contributed by atoms with Crippen molar-refractivity contribution < 1.29 is 18.3 Å². The van der Waals surface area contributed by atoms with Crippen LogP contribution in [0, 0.1) is 6.92 Å². The number of nitrogens with zero attached hydrogens (tertiary/aromatic N) is 1. The summed E-state index contributed by atoms with van der Waals surface area (Å²) < 4.78 is 27.6. The SMILES string of the molecule is Cc1nc(Br)ccc1NS(=O)(=O)c1ccc(CC(=O)O)s1. The fraction of sp³-hybridized carbons (Fsp3) is 0.167. The first kappa shape index (κ1) is 15.9. The van der Waals surface area contributed by atoms with E-state index in [4.69, 9.17) is 5.11 Å². The molecule has 0 saturated heterocycles. The number of carboxylic acids is 1. The van der Waals surface area contributed by atoms with Crippen molar-refractivity contribution >= 4 is 48.9 Å². The van der Waals surface area contributed by atoms with E-state index < -0.39 is 16.0 Å². The number of aromatic nitrogens is 1. The molecular weight excluding hydrogens is 380 g/mol. The summed E-state index contributed by atoms with van der Waals surface area (Å²) in [5.74, 6) is -0.998. The van der Waals surface area contributed by atoms with Crippen LogP contribution in [0.15, 0.2) is 33.1 Å². The Balaban J connectivity index is 2.25. The van der Waals surface area contributed by atoms with Crippen molar-refractivity contribution in [1.29, 1.82) is 0 Å². The molecule has 2 heterocycles. The average Bonchev–Trinajstić information content (AvgIpc) is 2.81. The van der Waals surface area contributed by atoms with Crippen LogP contribution >= 0.6 is 27.3 Å². The molecule has 2 aromatic heterocycles. The number of aliphatic carboxylic acids is 1. The van der Waals surface area contributed by atoms with Gasteiger partial charge in [0.15, 0.2) is 0 Å². The van der Waals surface area contributed by atoms with Crippen molar-refractivity contribution in [3.63, 3.8) is 0 Å². The molecule has 21 heavy (non-hydrogen) atoms. The summed E-state index contributed by atoms with van der Waals surface area (Å²) in [4.78, 5) is 15.2. The third-order valence-electron chi connectivity index (χ3n) is 2.52. The minimum atomic E-state index is -3.74. The number of anilines is 1. The van der Waals surface area contributed by atoms with Gasteiger partial charge in [-0.25, -0.2) is 13.4 Å². The van der Waals surface area contributed by atoms with E-state index in [1.54, 1.807) is 19.1 Å². The van der Waals surface area contributed by atoms with Gasteiger partial charge >= 0.3 is 5.97 Å². The van der Waals surface area contributed by atoms with Gasteiger partial charge in [0.25, 0.3) is 10.0 Å². The molecule has 0 aliphatic carbocycles. The van der Waals surface area contributed by atoms with Gasteiger partial charge in [0.1, 0.15) is 8.81 Å². The summed E-state index contributed by atoms with van der Waals surface area (Å²) in [7, 11) is -3.74. The second kappa shape index (κ2) is 6.12. The molecule has 0 fully saturated rings. The van der Waals surface area contributed by atoms with Gasteiger partial charge in [-0.15, -0.1) is 11.3 Å². The predicted octanol–water partition coefficient (Wildman–Crippen LogP) is 2.64. The zero-order chi connectivity index (χ0) is 15.6. The maximum absolute atomic E-state index is 12.3. The maximum Gasteiger partial charge on any atom is 0.308 e. The summed E-state index contributed by atoms with van der Waals surface area (Å²) in [5, 5.41) is 8.71. The van der Waals surface area contributed by atoms with Crippen molar-refractivity contribution in [2.75, 3.05) is 4.72 Å². The topological polar surface area (TPSA) is 96.4 Å². The van der Waals surface area contributed by atoms with Gasteiger partial charge in [-0.2, -0.15) is 0 Å². The summed E-state index contributed by atoms with van der Waals surface area (Å²) in [5.41, 5.74) is 0.918. The molecule has 2 N–H and O–H groups in total. The molecule has 0 aliphatic rings. The van der Waals surface area contributed by atoms with E-state index in [0.717, 1.165) is 11.3 Å². The van der Waals surface area contributed by atoms with Gasteiger partial charge in [-0.05, 0) is 47.1 Å². The molecule has 0 unspecified atom stereocenters. The molecule has 0 spiro atoms. The minimum Gasteiger partial charge on any atom is -0.481 e. The number of hydrogen-bond acceptors (Lipinski definition) is 5. The first-order chi connectivity index (χ1) is 9.78. The van der Waals surface area contributed by atoms with Crippen LogP contribution in [0.3, 0.4) is 0 Å². The molecule has 2 rings (SSSR count). The lowest BCUT2D eigenvalue weighted by molar-refractivity contribution is -0.136. The van der Waals surface area contributed by atoms with E-state index in [1.807, 2.05) is 0 Å². The third kappa shape index (κ3) is 4.02. The number of aryl methyl sites for hydroxylation is 1. The van der Waals surface area contributed by atoms with Crippen LogP contribution in [-0.2, 0) is 21.2 Å². The number of sulfonamides is 1. The monoisotopic (exact) mass is 390 g/mol. The highest BCUT2D eigenvalue weighted by Gasteiger charge is 2.19. The van der Waals surface area contributed by atoms with Crippen LogP contribution in [-0.4, -0.2) is 24.5 Å². The molecule has 0 atom stereocenters. The van der Waals surface area contributed by atoms with Crippen LogP contribution in [0.25, 0.3) is 0 Å². The number of rotatable bonds is 5. The second-order valence-corrected chi connectivity index (χ2v) is 8.05. The largest absolute Gasteiger partial charge is 0.481 e. The van der Waals surface area contributed by atoms with E-state index in [0.29, 0.717) is 20.9 Å². The Bertz CT molecular complexity index is 786. The number of halogens is 1. The Labute approximate surface area is 134 Å². The lowest BCUT2D eigenvalue weighted by atomic mass is 10.3. The highest BCUT2D eigenvalue weighted by molar-refractivity contribution is 9.10. The predicted molar refractivity (Wildman–Crippen MR) is 83.1 cm³/mol. The maximum atomic E-state index is 12.3. The molecule has 0 saturated carbocycles. The van der Waals surface area contributed by atoms with Gasteiger partial charge in [-0.3, -0.25) is 9.52 Å². The number of carbonyl (C=O) groups is 1. The van der Waals surface area contributed by atoms with E-state index >= 15 is 0 Å². The van der Waals surface area contributed by atoms with Gasteiger partial charge < -0.3 is 5.11 Å². The Morgan fingerprint density at radius 3 is 2.71 bits per heavy atom. The lowest BCUT2D eigenvalue weighted by Crippen LogP contribution is -2.12. The number of carboxylic acid groups (broad SMARTS) is 1. The third-order valence-corrected chi connectivity index (χ3v) is 5.91. The van der Waals surface area contributed by atoms with Crippen LogP contribution in [0.5, 0.6) is 0 Å². The summed E-state index contributed by atoms with van der Waals surface area (Å²) >= 11 is 4.14. The molecule has 0 radical (unpaired) electrons. The molecule has 6 nitrogen and oxygen atoms in total. The van der Waals surface area contributed by atoms with Crippen LogP contribution in [0.4, 0.5) is 5.69 Å². The van der Waals surface area contributed by atoms with Crippen molar-refractivity contribution in [1.82, 2.24) is 4.98 Å².